The number of ether oxygens (including phenoxy) is 16. The van der Waals surface area contributed by atoms with E-state index in [4.69, 9.17) is 75.8 Å². The van der Waals surface area contributed by atoms with Crippen LogP contribution in [-0.2, 0) is 99.8 Å². The van der Waals surface area contributed by atoms with Gasteiger partial charge in [0.2, 0.25) is 23.6 Å². The first-order chi connectivity index (χ1) is 67.8. The second-order valence-electron chi connectivity index (χ2n) is 38.5. The van der Waals surface area contributed by atoms with Crippen LogP contribution >= 0.6 is 0 Å². The molecule has 0 spiro atoms. The number of nitrogens with one attached hydrogen (secondary N) is 4. The topological polar surface area (TPSA) is 767 Å². The molecular formula is C93H164N4O45. The summed E-state index contributed by atoms with van der Waals surface area (Å²) in [7, 11) is 0. The van der Waals surface area contributed by atoms with Crippen LogP contribution in [0.4, 0.5) is 0 Å². The first kappa shape index (κ1) is 123. The van der Waals surface area contributed by atoms with Crippen molar-refractivity contribution in [1.29, 1.82) is 0 Å². The van der Waals surface area contributed by atoms with Crippen LogP contribution in [0, 0.1) is 0 Å². The van der Waals surface area contributed by atoms with E-state index in [0.717, 1.165) is 91.4 Å². The fourth-order valence-corrected chi connectivity index (χ4v) is 19.0. The summed E-state index contributed by atoms with van der Waals surface area (Å²) in [5, 5.41) is 283. The molecule has 43 atom stereocenters. The third-order valence-electron chi connectivity index (χ3n) is 27.3. The fraction of sp³-hybridized carbons (Fsp3) is 0.925. The number of carbonyl (C=O) groups is 5. The molecule has 0 aromatic rings. The van der Waals surface area contributed by atoms with Gasteiger partial charge in [-0.3, -0.25) is 19.2 Å². The van der Waals surface area contributed by atoms with E-state index in [1.165, 1.54) is 103 Å². The summed E-state index contributed by atoms with van der Waals surface area (Å²) < 4.78 is 97.5. The molecule has 8 aliphatic heterocycles. The minimum absolute atomic E-state index is 0.0803. The number of carboxylic acids is 1. The summed E-state index contributed by atoms with van der Waals surface area (Å²) in [6.45, 7) is -0.269. The van der Waals surface area contributed by atoms with Gasteiger partial charge in [-0.2, -0.15) is 0 Å². The Hall–Kier alpha value is -4.47. The molecule has 0 aromatic carbocycles. The Labute approximate surface area is 825 Å². The van der Waals surface area contributed by atoms with E-state index in [9.17, 15) is 147 Å². The Morgan fingerprint density at radius 1 is 0.387 bits per heavy atom. The minimum Gasteiger partial charge on any atom is -0.477 e. The van der Waals surface area contributed by atoms with Crippen molar-refractivity contribution < 1.29 is 222 Å². The molecule has 826 valence electrons. The fourth-order valence-electron chi connectivity index (χ4n) is 19.0. The van der Waals surface area contributed by atoms with E-state index >= 15 is 0 Å². The van der Waals surface area contributed by atoms with Crippen molar-refractivity contribution in [1.82, 2.24) is 21.3 Å². The number of amides is 4. The molecule has 0 saturated carbocycles. The molecule has 0 aliphatic carbocycles. The van der Waals surface area contributed by atoms with Gasteiger partial charge in [-0.25, -0.2) is 4.79 Å². The zero-order chi connectivity index (χ0) is 104. The van der Waals surface area contributed by atoms with Crippen LogP contribution in [0.5, 0.6) is 0 Å². The Balaban J connectivity index is 1.11. The number of rotatable bonds is 61. The second kappa shape index (κ2) is 61.7. The highest BCUT2D eigenvalue weighted by Crippen LogP contribution is 2.43. The van der Waals surface area contributed by atoms with Gasteiger partial charge in [-0.1, -0.05) is 180 Å². The number of carboxylic acid groups (broad SMARTS) is 1. The van der Waals surface area contributed by atoms with Gasteiger partial charge in [0.15, 0.2) is 44.0 Å². The normalized spacial score (nSPS) is 38.8. The van der Waals surface area contributed by atoms with Crippen molar-refractivity contribution in [2.24, 2.45) is 0 Å². The van der Waals surface area contributed by atoms with Crippen molar-refractivity contribution in [2.75, 3.05) is 52.9 Å². The molecule has 8 fully saturated rings. The third kappa shape index (κ3) is 34.5. The van der Waals surface area contributed by atoms with Crippen molar-refractivity contribution in [3.8, 4) is 0 Å². The smallest absolute Gasteiger partial charge is 0.364 e. The summed E-state index contributed by atoms with van der Waals surface area (Å²) in [5.74, 6) is -8.90. The van der Waals surface area contributed by atoms with E-state index in [-0.39, 0.29) is 6.42 Å². The summed E-state index contributed by atoms with van der Waals surface area (Å²) in [6, 6.07) is -7.06. The molecule has 49 nitrogen and oxygen atoms in total. The molecule has 4 amide bonds. The van der Waals surface area contributed by atoms with Crippen LogP contribution in [0.2, 0.25) is 0 Å². The molecule has 8 heterocycles. The number of unbranched alkanes of at least 4 members (excludes halogenated alkanes) is 25. The number of aliphatic carboxylic acids is 1. The zero-order valence-electron chi connectivity index (χ0n) is 81.9. The molecule has 8 aliphatic rings. The minimum atomic E-state index is -3.39. The lowest BCUT2D eigenvalue weighted by Crippen LogP contribution is -2.72. The quantitative estimate of drug-likeness (QED) is 0.0199. The number of allylic oxidation sites excluding steroid dienone is 1. The SMILES string of the molecule is CCCCCCCCCCCCC/C=C/[C@@H](O)[C@H](CO[C@@H]1OC(CO)[C@@H](O[C@@H]2OC(CO[C@@H]3OC(CO)[C@@H](O[C@@H]4OC(CO)[C@H](O)[C@H](O)C4O)[C@H](O)C3NC(C)=O)[C@H](O)[C@H](O[C@@H]3OC(CO)[C@@H](O[C@H]4OC(C)[C@@H](O)C(O)[C@@H]4O)[C@H](O[C@@H]4OC(CO)[C@H](O)[C@H](O[C@]5(C(=O)O)CC(O)[C@@H](NC(C)=O)C([C@H](O)[C@H](O)CO)O5)C4O)C3NC(C)=O)C2O)[C@H](O)C1O)NC(=O)CCCCCCCCCCCCCCCCC. The molecular weight excluding hydrogens is 1890 g/mol. The molecule has 142 heavy (non-hydrogen) atoms. The maximum atomic E-state index is 14.0. The van der Waals surface area contributed by atoms with Crippen LogP contribution in [0.25, 0.3) is 0 Å². The Bertz CT molecular complexity index is 3620. The molecule has 8 saturated heterocycles. The average Bonchev–Trinajstić information content (AvgIpc) is 0.748. The summed E-state index contributed by atoms with van der Waals surface area (Å²) in [4.78, 5) is 67.0. The van der Waals surface area contributed by atoms with Gasteiger partial charge in [-0.15, -0.1) is 0 Å². The van der Waals surface area contributed by atoms with Crippen LogP contribution in [-0.4, -0.2) is 468 Å². The molecule has 49 heteroatoms. The average molecular weight is 2060 g/mol. The molecule has 16 unspecified atom stereocenters. The predicted molar refractivity (Wildman–Crippen MR) is 486 cm³/mol. The van der Waals surface area contributed by atoms with Crippen molar-refractivity contribution in [3.63, 3.8) is 0 Å². The van der Waals surface area contributed by atoms with Gasteiger partial charge in [0, 0.05) is 33.6 Å². The summed E-state index contributed by atoms with van der Waals surface area (Å²) in [6.07, 6.45) is -49.5. The van der Waals surface area contributed by atoms with Crippen molar-refractivity contribution >= 4 is 29.6 Å². The van der Waals surface area contributed by atoms with Gasteiger partial charge in [0.1, 0.15) is 183 Å². The lowest BCUT2D eigenvalue weighted by Gasteiger charge is -2.52. The highest BCUT2D eigenvalue weighted by atomic mass is 16.8. The molecule has 0 bridgehead atoms. The standard InChI is InChI=1S/C93H164N4O45/c1-7-9-11-13-15-17-19-21-22-24-26-28-30-32-34-36-60(110)97-50(51(107)35-33-31-29-27-25-23-20-18-16-14-12-10-8-2)44-127-87-75(122)72(119)79(57(42-102)134-87)137-90-76(123)83(68(115)59(135-90)45-128-85-62(95-48(5)105)69(116)78(56(41-101)132-85)136-89-74(121)71(118)66(113)54(39-99)130-89)140-86-63(96-49(6)106)82(80(58(43-103)133-86)138-88-73(120)70(117)64(111)46(3)129-88)139-91-77(124)84(67(114)55(40-100)131-91)142-93(92(125)126)37-52(108)61(94-47(4)104)81(141-93)65(112)53(109)38-98/h33,35,46,50-59,61-91,98-103,107-109,111-124H,7-32,34,36-45H2,1-6H3,(H,94,104)(H,95,105)(H,96,106)(H,97,110)(H,125,126)/b35-33+/t46?,50-,51+,52?,53+,54?,55?,56?,57?,58?,59?,61+,62?,63?,64+,65+,66-,67-,68-,69+,70?,71-,72+,73-,74?,75?,76?,77?,78+,79+,80+,81?,82+,83-,84-,85+,86-,87+,88+,89-,90-,91-,93-/m0/s1. The third-order valence-corrected chi connectivity index (χ3v) is 27.3. The summed E-state index contributed by atoms with van der Waals surface area (Å²) in [5.41, 5.74) is 0. The number of carbonyl (C=O) groups excluding carboxylic acids is 4. The number of hydrogen-bond acceptors (Lipinski definition) is 44. The Kier molecular flexibility index (Phi) is 53.4. The lowest BCUT2D eigenvalue weighted by atomic mass is 9.88. The highest BCUT2D eigenvalue weighted by molar-refractivity contribution is 5.77. The lowest BCUT2D eigenvalue weighted by molar-refractivity contribution is -0.400. The van der Waals surface area contributed by atoms with Crippen molar-refractivity contribution in [2.45, 2.75) is 491 Å². The predicted octanol–water partition coefficient (Wildman–Crippen LogP) is -6.40. The monoisotopic (exact) mass is 2060 g/mol. The highest BCUT2D eigenvalue weighted by Gasteiger charge is 2.63. The van der Waals surface area contributed by atoms with E-state index in [1.54, 1.807) is 6.08 Å². The Morgan fingerprint density at radius 3 is 1.30 bits per heavy atom. The molecule has 0 aromatic heterocycles. The van der Waals surface area contributed by atoms with Crippen LogP contribution in [0.3, 0.4) is 0 Å². The molecule has 8 rings (SSSR count). The number of hydrogen-bond donors (Lipinski definition) is 28. The maximum Gasteiger partial charge on any atom is 0.364 e. The van der Waals surface area contributed by atoms with E-state index in [1.807, 2.05) is 0 Å². The van der Waals surface area contributed by atoms with Crippen LogP contribution < -0.4 is 21.3 Å². The molecule has 0 radical (unpaired) electrons. The van der Waals surface area contributed by atoms with Crippen LogP contribution in [0.1, 0.15) is 228 Å². The van der Waals surface area contributed by atoms with Gasteiger partial charge < -0.3 is 220 Å². The van der Waals surface area contributed by atoms with Crippen LogP contribution in [0.15, 0.2) is 12.2 Å². The summed E-state index contributed by atoms with van der Waals surface area (Å²) >= 11 is 0. The molecule has 28 N–H and O–H groups in total. The van der Waals surface area contributed by atoms with Gasteiger partial charge in [-0.05, 0) is 26.2 Å². The van der Waals surface area contributed by atoms with E-state index in [0.29, 0.717) is 12.8 Å². The zero-order valence-corrected chi connectivity index (χ0v) is 81.9. The largest absolute Gasteiger partial charge is 0.477 e. The Morgan fingerprint density at radius 2 is 0.789 bits per heavy atom. The maximum absolute atomic E-state index is 14.0. The van der Waals surface area contributed by atoms with Gasteiger partial charge in [0.05, 0.1) is 83.3 Å². The van der Waals surface area contributed by atoms with Gasteiger partial charge in [0.25, 0.3) is 5.79 Å². The first-order valence-corrected chi connectivity index (χ1v) is 50.5. The second-order valence-corrected chi connectivity index (χ2v) is 38.5. The van der Waals surface area contributed by atoms with Crippen molar-refractivity contribution in [3.05, 3.63) is 12.2 Å². The van der Waals surface area contributed by atoms with E-state index in [2.05, 4.69) is 35.1 Å². The number of aliphatic hydroxyl groups excluding tert-OH is 23. The van der Waals surface area contributed by atoms with Gasteiger partial charge >= 0.3 is 5.97 Å². The van der Waals surface area contributed by atoms with E-state index < -0.39 is 352 Å². The first-order valence-electron chi connectivity index (χ1n) is 50.5. The number of aliphatic hydroxyl groups is 23.